The SMILES string of the molecule is FC(F)(F)c1cnc(N2CCCC2c2cccs2)s1. The van der Waals surface area contributed by atoms with Gasteiger partial charge in [0.15, 0.2) is 5.13 Å². The lowest BCUT2D eigenvalue weighted by Gasteiger charge is -2.22. The van der Waals surface area contributed by atoms with Crippen molar-refractivity contribution in [2.24, 2.45) is 0 Å². The number of nitrogens with zero attached hydrogens (tertiary/aromatic N) is 2. The lowest BCUT2D eigenvalue weighted by Crippen LogP contribution is -2.21. The van der Waals surface area contributed by atoms with Gasteiger partial charge in [-0.05, 0) is 24.3 Å². The molecule has 0 radical (unpaired) electrons. The summed E-state index contributed by atoms with van der Waals surface area (Å²) in [7, 11) is 0. The van der Waals surface area contributed by atoms with Crippen LogP contribution in [0.1, 0.15) is 28.6 Å². The smallest absolute Gasteiger partial charge is 0.340 e. The van der Waals surface area contributed by atoms with Crippen LogP contribution in [0.2, 0.25) is 0 Å². The first-order valence-electron chi connectivity index (χ1n) is 5.89. The van der Waals surface area contributed by atoms with Crippen molar-refractivity contribution in [1.29, 1.82) is 0 Å². The van der Waals surface area contributed by atoms with Crippen molar-refractivity contribution in [2.75, 3.05) is 11.4 Å². The quantitative estimate of drug-likeness (QED) is 0.808. The number of rotatable bonds is 2. The second kappa shape index (κ2) is 4.79. The van der Waals surface area contributed by atoms with Crippen molar-refractivity contribution >= 4 is 27.8 Å². The monoisotopic (exact) mass is 304 g/mol. The van der Waals surface area contributed by atoms with Gasteiger partial charge in [-0.1, -0.05) is 17.4 Å². The predicted octanol–water partition coefficient (Wildman–Crippen LogP) is 4.56. The average molecular weight is 304 g/mol. The first kappa shape index (κ1) is 12.9. The van der Waals surface area contributed by atoms with E-state index in [4.69, 9.17) is 0 Å². The van der Waals surface area contributed by atoms with Gasteiger partial charge in [-0.2, -0.15) is 13.2 Å². The van der Waals surface area contributed by atoms with E-state index < -0.39 is 11.1 Å². The molecule has 1 aliphatic rings. The second-order valence-corrected chi connectivity index (χ2v) is 6.36. The van der Waals surface area contributed by atoms with Crippen LogP contribution in [0.15, 0.2) is 23.7 Å². The summed E-state index contributed by atoms with van der Waals surface area (Å²) in [5.74, 6) is 0. The molecule has 0 spiro atoms. The van der Waals surface area contributed by atoms with Crippen molar-refractivity contribution < 1.29 is 13.2 Å². The van der Waals surface area contributed by atoms with E-state index in [-0.39, 0.29) is 6.04 Å². The first-order chi connectivity index (χ1) is 9.05. The number of thiophene rings is 1. The van der Waals surface area contributed by atoms with Gasteiger partial charge in [0, 0.05) is 11.4 Å². The maximum Gasteiger partial charge on any atom is 0.427 e. The van der Waals surface area contributed by atoms with Crippen molar-refractivity contribution in [3.8, 4) is 0 Å². The Balaban J connectivity index is 1.87. The molecule has 0 aliphatic carbocycles. The molecular weight excluding hydrogens is 293 g/mol. The zero-order chi connectivity index (χ0) is 13.5. The molecule has 0 aromatic carbocycles. The molecule has 1 unspecified atom stereocenters. The molecule has 0 N–H and O–H groups in total. The Morgan fingerprint density at radius 2 is 2.21 bits per heavy atom. The topological polar surface area (TPSA) is 16.1 Å². The summed E-state index contributed by atoms with van der Waals surface area (Å²) in [5.41, 5.74) is 0. The molecule has 1 atom stereocenters. The minimum Gasteiger partial charge on any atom is -0.340 e. The highest BCUT2D eigenvalue weighted by Crippen LogP contribution is 2.42. The largest absolute Gasteiger partial charge is 0.427 e. The number of thiazole rings is 1. The van der Waals surface area contributed by atoms with Crippen molar-refractivity contribution in [2.45, 2.75) is 25.1 Å². The number of halogens is 3. The zero-order valence-electron chi connectivity index (χ0n) is 9.85. The Morgan fingerprint density at radius 1 is 1.37 bits per heavy atom. The summed E-state index contributed by atoms with van der Waals surface area (Å²) in [6.07, 6.45) is -1.40. The van der Waals surface area contributed by atoms with Crippen LogP contribution in [0.25, 0.3) is 0 Å². The van der Waals surface area contributed by atoms with Gasteiger partial charge >= 0.3 is 6.18 Å². The standard InChI is InChI=1S/C12H11F3N2S2/c13-12(14,15)10-7-16-11(19-10)17-5-1-3-8(17)9-4-2-6-18-9/h2,4,6-8H,1,3,5H2. The third-order valence-electron chi connectivity index (χ3n) is 3.14. The summed E-state index contributed by atoms with van der Waals surface area (Å²) in [6, 6.07) is 4.18. The third-order valence-corrected chi connectivity index (χ3v) is 5.20. The van der Waals surface area contributed by atoms with Crippen LogP contribution in [0.3, 0.4) is 0 Å². The summed E-state index contributed by atoms with van der Waals surface area (Å²) >= 11 is 2.38. The molecular formula is C12H11F3N2S2. The Labute approximate surface area is 116 Å². The van der Waals surface area contributed by atoms with Crippen molar-refractivity contribution in [3.05, 3.63) is 33.5 Å². The van der Waals surface area contributed by atoms with Gasteiger partial charge in [0.25, 0.3) is 0 Å². The van der Waals surface area contributed by atoms with E-state index in [0.29, 0.717) is 5.13 Å². The van der Waals surface area contributed by atoms with Crippen LogP contribution in [-0.4, -0.2) is 11.5 Å². The number of hydrogen-bond donors (Lipinski definition) is 0. The Kier molecular flexibility index (Phi) is 3.26. The molecule has 3 heterocycles. The van der Waals surface area contributed by atoms with E-state index in [1.165, 1.54) is 4.88 Å². The fourth-order valence-electron chi connectivity index (χ4n) is 2.30. The molecule has 0 saturated carbocycles. The number of aromatic nitrogens is 1. The van der Waals surface area contributed by atoms with Gasteiger partial charge in [0.2, 0.25) is 0 Å². The molecule has 1 aliphatic heterocycles. The van der Waals surface area contributed by atoms with E-state index in [2.05, 4.69) is 4.98 Å². The Hall–Kier alpha value is -1.08. The molecule has 0 amide bonds. The van der Waals surface area contributed by atoms with E-state index in [1.807, 2.05) is 22.4 Å². The minimum atomic E-state index is -4.30. The first-order valence-corrected chi connectivity index (χ1v) is 7.58. The van der Waals surface area contributed by atoms with Gasteiger partial charge in [0.05, 0.1) is 12.2 Å². The third kappa shape index (κ3) is 2.49. The number of anilines is 1. The van der Waals surface area contributed by atoms with Crippen LogP contribution < -0.4 is 4.90 Å². The molecule has 7 heteroatoms. The maximum atomic E-state index is 12.6. The highest BCUT2D eigenvalue weighted by molar-refractivity contribution is 7.15. The van der Waals surface area contributed by atoms with Crippen molar-refractivity contribution in [3.63, 3.8) is 0 Å². The van der Waals surface area contributed by atoms with Gasteiger partial charge in [-0.15, -0.1) is 11.3 Å². The fourth-order valence-corrected chi connectivity index (χ4v) is 4.03. The molecule has 102 valence electrons. The molecule has 2 nitrogen and oxygen atoms in total. The van der Waals surface area contributed by atoms with E-state index in [0.717, 1.165) is 36.9 Å². The fraction of sp³-hybridized carbons (Fsp3) is 0.417. The highest BCUT2D eigenvalue weighted by Gasteiger charge is 2.35. The van der Waals surface area contributed by atoms with Crippen LogP contribution in [0.4, 0.5) is 18.3 Å². The Bertz CT molecular complexity index is 548. The maximum absolute atomic E-state index is 12.6. The molecule has 2 aromatic rings. The molecule has 1 saturated heterocycles. The molecule has 2 aromatic heterocycles. The molecule has 3 rings (SSSR count). The molecule has 1 fully saturated rings. The van der Waals surface area contributed by atoms with E-state index in [9.17, 15) is 13.2 Å². The lowest BCUT2D eigenvalue weighted by atomic mass is 10.2. The van der Waals surface area contributed by atoms with Gasteiger partial charge in [0.1, 0.15) is 4.88 Å². The molecule has 0 bridgehead atoms. The van der Waals surface area contributed by atoms with Crippen LogP contribution >= 0.6 is 22.7 Å². The normalized spacial score (nSPS) is 20.2. The molecule has 19 heavy (non-hydrogen) atoms. The zero-order valence-corrected chi connectivity index (χ0v) is 11.5. The summed E-state index contributed by atoms with van der Waals surface area (Å²) < 4.78 is 37.8. The number of hydrogen-bond acceptors (Lipinski definition) is 4. The summed E-state index contributed by atoms with van der Waals surface area (Å²) in [4.78, 5) is 6.52. The second-order valence-electron chi connectivity index (χ2n) is 4.37. The summed E-state index contributed by atoms with van der Waals surface area (Å²) in [6.45, 7) is 0.771. The average Bonchev–Trinajstić information content (AvgIpc) is 3.09. The Morgan fingerprint density at radius 3 is 2.84 bits per heavy atom. The predicted molar refractivity (Wildman–Crippen MR) is 70.8 cm³/mol. The number of alkyl halides is 3. The van der Waals surface area contributed by atoms with Crippen molar-refractivity contribution in [1.82, 2.24) is 4.98 Å². The van der Waals surface area contributed by atoms with Crippen LogP contribution in [0.5, 0.6) is 0 Å². The van der Waals surface area contributed by atoms with E-state index >= 15 is 0 Å². The minimum absolute atomic E-state index is 0.173. The van der Waals surface area contributed by atoms with Gasteiger partial charge in [-0.3, -0.25) is 0 Å². The van der Waals surface area contributed by atoms with Gasteiger partial charge in [-0.25, -0.2) is 4.98 Å². The van der Waals surface area contributed by atoms with Gasteiger partial charge < -0.3 is 4.90 Å². The highest BCUT2D eigenvalue weighted by atomic mass is 32.1. The summed E-state index contributed by atoms with van der Waals surface area (Å²) in [5, 5.41) is 2.47. The lowest BCUT2D eigenvalue weighted by molar-refractivity contribution is -0.134. The van der Waals surface area contributed by atoms with Crippen LogP contribution in [0, 0.1) is 0 Å². The van der Waals surface area contributed by atoms with E-state index in [1.54, 1.807) is 11.3 Å². The van der Waals surface area contributed by atoms with Crippen LogP contribution in [-0.2, 0) is 6.18 Å².